The van der Waals surface area contributed by atoms with Crippen LogP contribution in [-0.4, -0.2) is 36.8 Å². The van der Waals surface area contributed by atoms with E-state index in [0.29, 0.717) is 25.0 Å². The molecule has 13 heavy (non-hydrogen) atoms. The summed E-state index contributed by atoms with van der Waals surface area (Å²) in [7, 11) is 0. The van der Waals surface area contributed by atoms with Gasteiger partial charge in [0.25, 0.3) is 0 Å². The summed E-state index contributed by atoms with van der Waals surface area (Å²) < 4.78 is 5.17. The molecule has 1 heterocycles. The molecule has 0 bridgehead atoms. The molecule has 2 atom stereocenters. The van der Waals surface area contributed by atoms with Gasteiger partial charge in [0.05, 0.1) is 6.61 Å². The molecule has 0 spiro atoms. The molecule has 1 aliphatic heterocycles. The number of nitrogens with one attached hydrogen (secondary N) is 2. The lowest BCUT2D eigenvalue weighted by atomic mass is 10.1. The van der Waals surface area contributed by atoms with Crippen LogP contribution in [0.25, 0.3) is 0 Å². The monoisotopic (exact) mass is 186 g/mol. The minimum atomic E-state index is 0.148. The second-order valence-electron chi connectivity index (χ2n) is 3.48. The van der Waals surface area contributed by atoms with Gasteiger partial charge in [0, 0.05) is 31.5 Å². The van der Waals surface area contributed by atoms with Crippen molar-refractivity contribution in [2.75, 3.05) is 19.8 Å². The molecular weight excluding hydrogens is 168 g/mol. The average Bonchev–Trinajstić information content (AvgIpc) is 2.95. The van der Waals surface area contributed by atoms with Gasteiger partial charge in [0.1, 0.15) is 0 Å². The number of hydrogen-bond acceptors (Lipinski definition) is 4. The van der Waals surface area contributed by atoms with E-state index in [1.165, 1.54) is 0 Å². The molecule has 0 saturated carbocycles. The Hall–Kier alpha value is -0.610. The maximum atomic E-state index is 9.01. The zero-order valence-electron chi connectivity index (χ0n) is 8.05. The first kappa shape index (κ1) is 10.5. The normalized spacial score (nSPS) is 22.5. The molecule has 0 radical (unpaired) electrons. The first-order valence-corrected chi connectivity index (χ1v) is 4.80. The summed E-state index contributed by atoms with van der Waals surface area (Å²) in [6, 6.07) is 0.566. The maximum Gasteiger partial charge on any atom is 0.180 e. The van der Waals surface area contributed by atoms with E-state index in [4.69, 9.17) is 15.3 Å². The van der Waals surface area contributed by atoms with E-state index < -0.39 is 0 Å². The quantitative estimate of drug-likeness (QED) is 0.318. The fourth-order valence-electron chi connectivity index (χ4n) is 1.17. The van der Waals surface area contributed by atoms with Crippen molar-refractivity contribution >= 4 is 5.90 Å². The van der Waals surface area contributed by atoms with E-state index in [9.17, 15) is 0 Å². The van der Waals surface area contributed by atoms with Gasteiger partial charge in [0.15, 0.2) is 5.90 Å². The van der Waals surface area contributed by atoms with Gasteiger partial charge in [-0.3, -0.25) is 5.41 Å². The molecular formula is C9H18N2O2. The number of hydrogen-bond donors (Lipinski definition) is 3. The third-order valence-corrected chi connectivity index (χ3v) is 2.18. The Labute approximate surface area is 78.8 Å². The van der Waals surface area contributed by atoms with Crippen LogP contribution in [0.1, 0.15) is 19.8 Å². The summed E-state index contributed by atoms with van der Waals surface area (Å²) in [4.78, 5) is 0. The summed E-state index contributed by atoms with van der Waals surface area (Å²) in [6.45, 7) is 3.57. The van der Waals surface area contributed by atoms with Crippen LogP contribution in [0.4, 0.5) is 0 Å². The molecule has 0 aromatic heterocycles. The van der Waals surface area contributed by atoms with Crippen LogP contribution in [0.2, 0.25) is 0 Å². The Morgan fingerprint density at radius 1 is 1.77 bits per heavy atom. The number of aliphatic hydroxyl groups is 1. The summed E-state index contributed by atoms with van der Waals surface area (Å²) in [6.07, 6.45) is 1.58. The lowest BCUT2D eigenvalue weighted by molar-refractivity contribution is 0.147. The standard InChI is InChI=1S/C9H18N2O2/c1-2-9(10)13-6-7(5-12)3-8-4-11-8/h7-8,10-12H,2-6H2,1H3/t7-,8?/m0/s1. The molecule has 1 unspecified atom stereocenters. The van der Waals surface area contributed by atoms with E-state index in [1.54, 1.807) is 0 Å². The molecule has 0 amide bonds. The molecule has 0 aromatic rings. The van der Waals surface area contributed by atoms with E-state index >= 15 is 0 Å². The van der Waals surface area contributed by atoms with Crippen LogP contribution in [-0.2, 0) is 4.74 Å². The minimum Gasteiger partial charge on any atom is -0.481 e. The van der Waals surface area contributed by atoms with Crippen molar-refractivity contribution in [1.29, 1.82) is 5.41 Å². The van der Waals surface area contributed by atoms with Gasteiger partial charge < -0.3 is 15.2 Å². The second-order valence-corrected chi connectivity index (χ2v) is 3.48. The first-order valence-electron chi connectivity index (χ1n) is 4.80. The van der Waals surface area contributed by atoms with Crippen molar-refractivity contribution in [3.63, 3.8) is 0 Å². The zero-order valence-corrected chi connectivity index (χ0v) is 8.05. The Bertz CT molecular complexity index is 169. The predicted octanol–water partition coefficient (Wildman–Crippen LogP) is 0.361. The van der Waals surface area contributed by atoms with Gasteiger partial charge in [-0.25, -0.2) is 0 Å². The van der Waals surface area contributed by atoms with Crippen molar-refractivity contribution in [2.24, 2.45) is 5.92 Å². The van der Waals surface area contributed by atoms with Gasteiger partial charge in [0.2, 0.25) is 0 Å². The smallest absolute Gasteiger partial charge is 0.180 e. The van der Waals surface area contributed by atoms with Crippen molar-refractivity contribution in [2.45, 2.75) is 25.8 Å². The van der Waals surface area contributed by atoms with E-state index in [-0.39, 0.29) is 12.5 Å². The van der Waals surface area contributed by atoms with Gasteiger partial charge in [-0.05, 0) is 6.42 Å². The third-order valence-electron chi connectivity index (χ3n) is 2.18. The van der Waals surface area contributed by atoms with Crippen molar-refractivity contribution in [3.05, 3.63) is 0 Å². The SMILES string of the molecule is CCC(=N)OC[C@H](CO)CC1CN1. The Balaban J connectivity index is 2.10. The molecule has 0 aromatic carbocycles. The van der Waals surface area contributed by atoms with Gasteiger partial charge in [-0.1, -0.05) is 6.92 Å². The molecule has 4 nitrogen and oxygen atoms in total. The van der Waals surface area contributed by atoms with Gasteiger partial charge in [-0.2, -0.15) is 0 Å². The van der Waals surface area contributed by atoms with Crippen molar-refractivity contribution in [3.8, 4) is 0 Å². The lowest BCUT2D eigenvalue weighted by Crippen LogP contribution is -2.19. The lowest BCUT2D eigenvalue weighted by Gasteiger charge is -2.14. The summed E-state index contributed by atoms with van der Waals surface area (Å²) >= 11 is 0. The minimum absolute atomic E-state index is 0.148. The highest BCUT2D eigenvalue weighted by atomic mass is 16.5. The van der Waals surface area contributed by atoms with Crippen LogP contribution < -0.4 is 5.32 Å². The van der Waals surface area contributed by atoms with Crippen molar-refractivity contribution in [1.82, 2.24) is 5.32 Å². The highest BCUT2D eigenvalue weighted by Crippen LogP contribution is 2.12. The Kier molecular flexibility index (Phi) is 4.18. The predicted molar refractivity (Wildman–Crippen MR) is 51.0 cm³/mol. The van der Waals surface area contributed by atoms with Crippen LogP contribution >= 0.6 is 0 Å². The molecule has 1 rings (SSSR count). The summed E-state index contributed by atoms with van der Waals surface area (Å²) in [5, 5.41) is 19.5. The largest absolute Gasteiger partial charge is 0.481 e. The maximum absolute atomic E-state index is 9.01. The average molecular weight is 186 g/mol. The highest BCUT2D eigenvalue weighted by molar-refractivity contribution is 5.72. The third kappa shape index (κ3) is 4.24. The van der Waals surface area contributed by atoms with E-state index in [1.807, 2.05) is 6.92 Å². The molecule has 1 fully saturated rings. The van der Waals surface area contributed by atoms with Crippen LogP contribution in [0.15, 0.2) is 0 Å². The number of ether oxygens (including phenoxy) is 1. The van der Waals surface area contributed by atoms with Crippen LogP contribution in [0, 0.1) is 11.3 Å². The van der Waals surface area contributed by atoms with Crippen LogP contribution in [0.3, 0.4) is 0 Å². The highest BCUT2D eigenvalue weighted by Gasteiger charge is 2.24. The summed E-state index contributed by atoms with van der Waals surface area (Å²) in [5.41, 5.74) is 0. The van der Waals surface area contributed by atoms with E-state index in [0.717, 1.165) is 13.0 Å². The van der Waals surface area contributed by atoms with Gasteiger partial charge in [-0.15, -0.1) is 0 Å². The topological polar surface area (TPSA) is 75.2 Å². The second kappa shape index (κ2) is 5.19. The van der Waals surface area contributed by atoms with Gasteiger partial charge >= 0.3 is 0 Å². The fraction of sp³-hybridized carbons (Fsp3) is 0.889. The summed E-state index contributed by atoms with van der Waals surface area (Å²) in [5.74, 6) is 0.481. The number of rotatable bonds is 6. The zero-order chi connectivity index (χ0) is 9.68. The molecule has 76 valence electrons. The van der Waals surface area contributed by atoms with Crippen LogP contribution in [0.5, 0.6) is 0 Å². The molecule has 1 aliphatic rings. The number of aliphatic hydroxyl groups excluding tert-OH is 1. The molecule has 1 saturated heterocycles. The molecule has 4 heteroatoms. The Morgan fingerprint density at radius 3 is 2.92 bits per heavy atom. The Morgan fingerprint density at radius 2 is 2.46 bits per heavy atom. The fourth-order valence-corrected chi connectivity index (χ4v) is 1.17. The van der Waals surface area contributed by atoms with E-state index in [2.05, 4.69) is 5.32 Å². The first-order chi connectivity index (χ1) is 6.26. The molecule has 3 N–H and O–H groups in total. The van der Waals surface area contributed by atoms with Crippen molar-refractivity contribution < 1.29 is 9.84 Å². The molecule has 0 aliphatic carbocycles.